The molecule has 1 heterocycles. The van der Waals surface area contributed by atoms with Crippen LogP contribution >= 0.6 is 11.6 Å². The number of hydrogen-bond donors (Lipinski definition) is 1. The quantitative estimate of drug-likeness (QED) is 0.826. The average molecular weight is 281 g/mol. The molecule has 0 bridgehead atoms. The van der Waals surface area contributed by atoms with Crippen LogP contribution in [0.25, 0.3) is 0 Å². The molecule has 0 saturated heterocycles. The summed E-state index contributed by atoms with van der Waals surface area (Å²) in [6, 6.07) is 10.4. The zero-order valence-corrected chi connectivity index (χ0v) is 11.0. The monoisotopic (exact) mass is 280 g/mol. The lowest BCUT2D eigenvalue weighted by atomic mass is 10.3. The standard InChI is InChI=1S/C14H14ClFN2O/c15-12-5-3-6-13(14(12)16)19-9-8-17-10-11-4-1-2-7-18-11/h1-7,17H,8-10H2. The average Bonchev–Trinajstić information content (AvgIpc) is 2.44. The van der Waals surface area contributed by atoms with E-state index in [0.29, 0.717) is 19.7 Å². The van der Waals surface area contributed by atoms with E-state index in [1.165, 1.54) is 6.07 Å². The van der Waals surface area contributed by atoms with Crippen molar-refractivity contribution in [3.8, 4) is 5.75 Å². The van der Waals surface area contributed by atoms with Gasteiger partial charge in [-0.25, -0.2) is 4.39 Å². The van der Waals surface area contributed by atoms with Gasteiger partial charge in [0, 0.05) is 19.3 Å². The first-order valence-electron chi connectivity index (χ1n) is 5.95. The number of nitrogens with one attached hydrogen (secondary N) is 1. The van der Waals surface area contributed by atoms with Gasteiger partial charge in [-0.3, -0.25) is 4.98 Å². The molecule has 2 aromatic rings. The summed E-state index contributed by atoms with van der Waals surface area (Å²) in [6.07, 6.45) is 1.74. The lowest BCUT2D eigenvalue weighted by Crippen LogP contribution is -2.21. The van der Waals surface area contributed by atoms with Crippen LogP contribution in [0.15, 0.2) is 42.6 Å². The second-order valence-electron chi connectivity index (χ2n) is 3.90. The Morgan fingerprint density at radius 3 is 2.89 bits per heavy atom. The van der Waals surface area contributed by atoms with E-state index in [1.54, 1.807) is 18.3 Å². The summed E-state index contributed by atoms with van der Waals surface area (Å²) in [4.78, 5) is 4.18. The van der Waals surface area contributed by atoms with E-state index in [2.05, 4.69) is 10.3 Å². The number of aromatic nitrogens is 1. The first-order chi connectivity index (χ1) is 9.27. The van der Waals surface area contributed by atoms with E-state index in [9.17, 15) is 4.39 Å². The molecule has 1 aromatic heterocycles. The summed E-state index contributed by atoms with van der Waals surface area (Å²) in [5.74, 6) is -0.346. The number of rotatable bonds is 6. The highest BCUT2D eigenvalue weighted by Gasteiger charge is 2.06. The molecule has 0 aliphatic carbocycles. The van der Waals surface area contributed by atoms with Gasteiger partial charge in [-0.05, 0) is 24.3 Å². The first-order valence-corrected chi connectivity index (χ1v) is 6.32. The van der Waals surface area contributed by atoms with Crippen molar-refractivity contribution >= 4 is 11.6 Å². The fourth-order valence-electron chi connectivity index (χ4n) is 1.55. The highest BCUT2D eigenvalue weighted by molar-refractivity contribution is 6.30. The molecule has 0 amide bonds. The zero-order valence-electron chi connectivity index (χ0n) is 10.3. The Morgan fingerprint density at radius 2 is 2.11 bits per heavy atom. The van der Waals surface area contributed by atoms with Crippen molar-refractivity contribution < 1.29 is 9.13 Å². The van der Waals surface area contributed by atoms with Crippen LogP contribution in [0.2, 0.25) is 5.02 Å². The van der Waals surface area contributed by atoms with Gasteiger partial charge in [0.1, 0.15) is 6.61 Å². The predicted molar refractivity (Wildman–Crippen MR) is 72.8 cm³/mol. The molecule has 0 unspecified atom stereocenters. The van der Waals surface area contributed by atoms with Crippen LogP contribution in [0.1, 0.15) is 5.69 Å². The molecular formula is C14H14ClFN2O. The molecule has 0 fully saturated rings. The van der Waals surface area contributed by atoms with E-state index in [0.717, 1.165) is 5.69 Å². The third-order valence-corrected chi connectivity index (χ3v) is 2.78. The van der Waals surface area contributed by atoms with Gasteiger partial charge < -0.3 is 10.1 Å². The van der Waals surface area contributed by atoms with E-state index < -0.39 is 5.82 Å². The Bertz CT molecular complexity index is 522. The van der Waals surface area contributed by atoms with Gasteiger partial charge in [0.05, 0.1) is 10.7 Å². The summed E-state index contributed by atoms with van der Waals surface area (Å²) < 4.78 is 18.8. The molecule has 2 rings (SSSR count). The molecule has 19 heavy (non-hydrogen) atoms. The van der Waals surface area contributed by atoms with Crippen molar-refractivity contribution in [1.29, 1.82) is 0 Å². The number of halogens is 2. The van der Waals surface area contributed by atoms with Gasteiger partial charge in [0.2, 0.25) is 0 Å². The largest absolute Gasteiger partial charge is 0.489 e. The smallest absolute Gasteiger partial charge is 0.183 e. The Hall–Kier alpha value is -1.65. The molecule has 5 heteroatoms. The Labute approximate surface area is 116 Å². The van der Waals surface area contributed by atoms with Crippen molar-refractivity contribution in [2.45, 2.75) is 6.54 Å². The molecule has 0 aliphatic heterocycles. The molecule has 0 saturated carbocycles. The zero-order chi connectivity index (χ0) is 13.5. The minimum atomic E-state index is -0.520. The molecular weight excluding hydrogens is 267 g/mol. The van der Waals surface area contributed by atoms with E-state index in [1.807, 2.05) is 18.2 Å². The fraction of sp³-hybridized carbons (Fsp3) is 0.214. The number of hydrogen-bond acceptors (Lipinski definition) is 3. The maximum absolute atomic E-state index is 13.5. The Kier molecular flexibility index (Phi) is 5.12. The van der Waals surface area contributed by atoms with Crippen LogP contribution in [0.5, 0.6) is 5.75 Å². The maximum atomic E-state index is 13.5. The third-order valence-electron chi connectivity index (χ3n) is 2.48. The summed E-state index contributed by atoms with van der Waals surface area (Å²) in [7, 11) is 0. The van der Waals surface area contributed by atoms with Gasteiger partial charge in [-0.2, -0.15) is 0 Å². The lowest BCUT2D eigenvalue weighted by molar-refractivity contribution is 0.298. The number of nitrogens with zero attached hydrogens (tertiary/aromatic N) is 1. The number of pyridine rings is 1. The maximum Gasteiger partial charge on any atom is 0.183 e. The van der Waals surface area contributed by atoms with Crippen molar-refractivity contribution in [2.24, 2.45) is 0 Å². The van der Waals surface area contributed by atoms with Crippen molar-refractivity contribution in [2.75, 3.05) is 13.2 Å². The fourth-order valence-corrected chi connectivity index (χ4v) is 1.71. The normalized spacial score (nSPS) is 10.4. The molecule has 1 N–H and O–H groups in total. The molecule has 0 aliphatic rings. The van der Waals surface area contributed by atoms with Crippen LogP contribution in [0.3, 0.4) is 0 Å². The molecule has 0 spiro atoms. The Balaban J connectivity index is 1.71. The highest BCUT2D eigenvalue weighted by Crippen LogP contribution is 2.23. The second kappa shape index (κ2) is 7.07. The van der Waals surface area contributed by atoms with Crippen LogP contribution in [-0.2, 0) is 6.54 Å². The lowest BCUT2D eigenvalue weighted by Gasteiger charge is -2.08. The van der Waals surface area contributed by atoms with E-state index in [-0.39, 0.29) is 10.8 Å². The SMILES string of the molecule is Fc1c(Cl)cccc1OCCNCc1ccccn1. The number of ether oxygens (including phenoxy) is 1. The molecule has 1 aromatic carbocycles. The Morgan fingerprint density at radius 1 is 1.21 bits per heavy atom. The summed E-state index contributed by atoms with van der Waals surface area (Å²) in [5, 5.41) is 3.23. The second-order valence-corrected chi connectivity index (χ2v) is 4.31. The van der Waals surface area contributed by atoms with E-state index >= 15 is 0 Å². The number of benzene rings is 1. The highest BCUT2D eigenvalue weighted by atomic mass is 35.5. The first kappa shape index (κ1) is 13.8. The summed E-state index contributed by atoms with van der Waals surface area (Å²) >= 11 is 5.66. The van der Waals surface area contributed by atoms with Gasteiger partial charge in [-0.1, -0.05) is 23.7 Å². The molecule has 3 nitrogen and oxygen atoms in total. The van der Waals surface area contributed by atoms with E-state index in [4.69, 9.17) is 16.3 Å². The summed E-state index contributed by atoms with van der Waals surface area (Å²) in [5.41, 5.74) is 0.955. The van der Waals surface area contributed by atoms with Crippen molar-refractivity contribution in [3.05, 3.63) is 59.1 Å². The minimum Gasteiger partial charge on any atom is -0.489 e. The molecule has 0 radical (unpaired) electrons. The molecule has 100 valence electrons. The van der Waals surface area contributed by atoms with Gasteiger partial charge in [0.25, 0.3) is 0 Å². The van der Waals surface area contributed by atoms with Gasteiger partial charge in [0.15, 0.2) is 11.6 Å². The van der Waals surface area contributed by atoms with Crippen LogP contribution in [-0.4, -0.2) is 18.1 Å². The third kappa shape index (κ3) is 4.19. The molecule has 0 atom stereocenters. The van der Waals surface area contributed by atoms with Gasteiger partial charge >= 0.3 is 0 Å². The van der Waals surface area contributed by atoms with Crippen LogP contribution in [0.4, 0.5) is 4.39 Å². The topological polar surface area (TPSA) is 34.1 Å². The van der Waals surface area contributed by atoms with Crippen molar-refractivity contribution in [1.82, 2.24) is 10.3 Å². The van der Waals surface area contributed by atoms with Crippen LogP contribution in [0, 0.1) is 5.82 Å². The summed E-state index contributed by atoms with van der Waals surface area (Å²) in [6.45, 7) is 1.62. The minimum absolute atomic E-state index is 0.0685. The van der Waals surface area contributed by atoms with Crippen molar-refractivity contribution in [3.63, 3.8) is 0 Å². The van der Waals surface area contributed by atoms with Gasteiger partial charge in [-0.15, -0.1) is 0 Å². The predicted octanol–water partition coefficient (Wildman–Crippen LogP) is 3.04. The van der Waals surface area contributed by atoms with Crippen LogP contribution < -0.4 is 10.1 Å².